The number of nitrogens with zero attached hydrogens (tertiary/aromatic N) is 1. The predicted molar refractivity (Wildman–Crippen MR) is 142 cm³/mol. The number of thioether (sulfide) groups is 1. The maximum Gasteiger partial charge on any atom is 0.242 e. The molecule has 0 aliphatic heterocycles. The first-order valence-electron chi connectivity index (χ1n) is 11.2. The van der Waals surface area contributed by atoms with Crippen molar-refractivity contribution >= 4 is 62.7 Å². The van der Waals surface area contributed by atoms with Crippen LogP contribution in [0.1, 0.15) is 50.2 Å². The second-order valence-corrected chi connectivity index (χ2v) is 11.1. The van der Waals surface area contributed by atoms with E-state index in [1.807, 2.05) is 37.3 Å². The molecule has 2 amide bonds. The normalized spacial score (nSPS) is 15.2. The van der Waals surface area contributed by atoms with Gasteiger partial charge in [-0.05, 0) is 55.2 Å². The van der Waals surface area contributed by atoms with Crippen LogP contribution in [0.25, 0.3) is 0 Å². The number of benzene rings is 2. The second-order valence-electron chi connectivity index (χ2n) is 8.40. The van der Waals surface area contributed by atoms with Gasteiger partial charge < -0.3 is 10.2 Å². The van der Waals surface area contributed by atoms with Crippen LogP contribution >= 0.6 is 50.9 Å². The minimum Gasteiger partial charge on any atom is -0.352 e. The fraction of sp³-hybridized carbons (Fsp3) is 0.440. The van der Waals surface area contributed by atoms with E-state index in [0.717, 1.165) is 41.3 Å². The van der Waals surface area contributed by atoms with Crippen LogP contribution in [0.4, 0.5) is 0 Å². The summed E-state index contributed by atoms with van der Waals surface area (Å²) < 4.78 is 0.975. The summed E-state index contributed by atoms with van der Waals surface area (Å²) in [6, 6.07) is 12.9. The molecule has 4 nitrogen and oxygen atoms in total. The molecule has 0 radical (unpaired) electrons. The third-order valence-electron chi connectivity index (χ3n) is 5.88. The molecule has 0 saturated heterocycles. The molecular formula is C25H29BrCl2N2O2S. The highest BCUT2D eigenvalue weighted by Gasteiger charge is 2.28. The van der Waals surface area contributed by atoms with E-state index in [0.29, 0.717) is 22.3 Å². The van der Waals surface area contributed by atoms with Gasteiger partial charge in [0.1, 0.15) is 6.04 Å². The molecule has 0 unspecified atom stereocenters. The SMILES string of the molecule is C[C@@H](C(=O)NC1CCCCC1)N(Cc1ccc(Br)cc1)C(=O)CSCc1ccc(Cl)cc1Cl. The molecule has 1 saturated carbocycles. The summed E-state index contributed by atoms with van der Waals surface area (Å²) >= 11 is 17.2. The molecule has 178 valence electrons. The Hall–Kier alpha value is -1.21. The van der Waals surface area contributed by atoms with E-state index >= 15 is 0 Å². The van der Waals surface area contributed by atoms with E-state index in [-0.39, 0.29) is 23.6 Å². The summed E-state index contributed by atoms with van der Waals surface area (Å²) in [7, 11) is 0. The maximum atomic E-state index is 13.2. The number of hydrogen-bond acceptors (Lipinski definition) is 3. The van der Waals surface area contributed by atoms with Crippen LogP contribution in [-0.2, 0) is 21.9 Å². The minimum atomic E-state index is -0.553. The van der Waals surface area contributed by atoms with Gasteiger partial charge in [-0.25, -0.2) is 0 Å². The minimum absolute atomic E-state index is 0.0701. The summed E-state index contributed by atoms with van der Waals surface area (Å²) in [5.41, 5.74) is 1.91. The van der Waals surface area contributed by atoms with Crippen LogP contribution in [0.3, 0.4) is 0 Å². The Morgan fingerprint density at radius 3 is 2.48 bits per heavy atom. The molecule has 8 heteroatoms. The molecule has 2 aromatic rings. The molecule has 0 aromatic heterocycles. The Labute approximate surface area is 218 Å². The van der Waals surface area contributed by atoms with Gasteiger partial charge in [0.05, 0.1) is 5.75 Å². The molecular weight excluding hydrogens is 543 g/mol. The molecule has 0 spiro atoms. The number of amides is 2. The van der Waals surface area contributed by atoms with E-state index in [1.165, 1.54) is 18.2 Å². The van der Waals surface area contributed by atoms with Crippen molar-refractivity contribution in [1.29, 1.82) is 0 Å². The van der Waals surface area contributed by atoms with E-state index in [2.05, 4.69) is 21.2 Å². The van der Waals surface area contributed by atoms with Gasteiger partial charge in [-0.1, -0.05) is 76.6 Å². The van der Waals surface area contributed by atoms with Gasteiger partial charge in [0.2, 0.25) is 11.8 Å². The van der Waals surface area contributed by atoms with Crippen molar-refractivity contribution in [2.24, 2.45) is 0 Å². The number of halogens is 3. The maximum absolute atomic E-state index is 13.2. The summed E-state index contributed by atoms with van der Waals surface area (Å²) in [6.07, 6.45) is 5.54. The fourth-order valence-electron chi connectivity index (χ4n) is 3.91. The summed E-state index contributed by atoms with van der Waals surface area (Å²) in [5, 5.41) is 4.34. The summed E-state index contributed by atoms with van der Waals surface area (Å²) in [5.74, 6) is 0.699. The lowest BCUT2D eigenvalue weighted by Gasteiger charge is -2.31. The van der Waals surface area contributed by atoms with Crippen molar-refractivity contribution < 1.29 is 9.59 Å². The molecule has 0 heterocycles. The van der Waals surface area contributed by atoms with E-state index < -0.39 is 6.04 Å². The van der Waals surface area contributed by atoms with Crippen molar-refractivity contribution in [3.05, 3.63) is 68.1 Å². The van der Waals surface area contributed by atoms with Gasteiger partial charge in [-0.2, -0.15) is 0 Å². The molecule has 33 heavy (non-hydrogen) atoms. The molecule has 2 aromatic carbocycles. The number of carbonyl (C=O) groups excluding carboxylic acids is 2. The van der Waals surface area contributed by atoms with E-state index in [9.17, 15) is 9.59 Å². The Bertz CT molecular complexity index is 952. The quantitative estimate of drug-likeness (QED) is 0.358. The second kappa shape index (κ2) is 13.0. The fourth-order valence-corrected chi connectivity index (χ4v) is 5.64. The first-order chi connectivity index (χ1) is 15.8. The third kappa shape index (κ3) is 8.20. The summed E-state index contributed by atoms with van der Waals surface area (Å²) in [6.45, 7) is 2.20. The van der Waals surface area contributed by atoms with Gasteiger partial charge >= 0.3 is 0 Å². The average Bonchev–Trinajstić information content (AvgIpc) is 2.80. The molecule has 3 rings (SSSR count). The number of rotatable bonds is 9. The van der Waals surface area contributed by atoms with Crippen LogP contribution in [0.15, 0.2) is 46.9 Å². The highest BCUT2D eigenvalue weighted by molar-refractivity contribution is 9.10. The smallest absolute Gasteiger partial charge is 0.242 e. The predicted octanol–water partition coefficient (Wildman–Crippen LogP) is 6.86. The standard InChI is InChI=1S/C25H29BrCl2N2O2S/c1-17(25(32)29-22-5-3-2-4-6-22)30(14-18-7-10-20(26)11-8-18)24(31)16-33-15-19-9-12-21(27)13-23(19)28/h7-13,17,22H,2-6,14-16H2,1H3,(H,29,32)/t17-/m0/s1. The van der Waals surface area contributed by atoms with E-state index in [4.69, 9.17) is 23.2 Å². The van der Waals surface area contributed by atoms with Crippen molar-refractivity contribution in [3.8, 4) is 0 Å². The molecule has 1 fully saturated rings. The first-order valence-corrected chi connectivity index (χ1v) is 13.9. The molecule has 1 aliphatic rings. The summed E-state index contributed by atoms with van der Waals surface area (Å²) in [4.78, 5) is 27.9. The van der Waals surface area contributed by atoms with Crippen LogP contribution in [0, 0.1) is 0 Å². The topological polar surface area (TPSA) is 49.4 Å². The Morgan fingerprint density at radius 1 is 1.12 bits per heavy atom. The highest BCUT2D eigenvalue weighted by Crippen LogP contribution is 2.25. The van der Waals surface area contributed by atoms with E-state index in [1.54, 1.807) is 17.0 Å². The Morgan fingerprint density at radius 2 is 1.82 bits per heavy atom. The molecule has 0 bridgehead atoms. The van der Waals surface area contributed by atoms with Crippen LogP contribution in [-0.4, -0.2) is 34.6 Å². The Kier molecular flexibility index (Phi) is 10.4. The van der Waals surface area contributed by atoms with Crippen molar-refractivity contribution in [2.45, 2.75) is 63.4 Å². The van der Waals surface area contributed by atoms with Crippen molar-refractivity contribution in [2.75, 3.05) is 5.75 Å². The average molecular weight is 572 g/mol. The number of nitrogens with one attached hydrogen (secondary N) is 1. The van der Waals surface area contributed by atoms with Crippen LogP contribution in [0.2, 0.25) is 10.0 Å². The zero-order valence-electron chi connectivity index (χ0n) is 18.7. The van der Waals surface area contributed by atoms with Crippen molar-refractivity contribution in [1.82, 2.24) is 10.2 Å². The lowest BCUT2D eigenvalue weighted by molar-refractivity contribution is -0.139. The van der Waals surface area contributed by atoms with Gasteiger partial charge in [0.25, 0.3) is 0 Å². The largest absolute Gasteiger partial charge is 0.352 e. The van der Waals surface area contributed by atoms with Gasteiger partial charge in [-0.3, -0.25) is 9.59 Å². The number of carbonyl (C=O) groups is 2. The lowest BCUT2D eigenvalue weighted by atomic mass is 9.95. The van der Waals surface area contributed by atoms with Crippen molar-refractivity contribution in [3.63, 3.8) is 0 Å². The zero-order chi connectivity index (χ0) is 23.8. The molecule has 1 atom stereocenters. The first kappa shape index (κ1) is 26.4. The van der Waals surface area contributed by atoms with Gasteiger partial charge in [0.15, 0.2) is 0 Å². The molecule has 1 N–H and O–H groups in total. The monoisotopic (exact) mass is 570 g/mol. The molecule has 1 aliphatic carbocycles. The van der Waals surface area contributed by atoms with Crippen LogP contribution < -0.4 is 5.32 Å². The zero-order valence-corrected chi connectivity index (χ0v) is 22.6. The highest BCUT2D eigenvalue weighted by atomic mass is 79.9. The van der Waals surface area contributed by atoms with Gasteiger partial charge in [0, 0.05) is 32.9 Å². The third-order valence-corrected chi connectivity index (χ3v) is 7.97. The lowest BCUT2D eigenvalue weighted by Crippen LogP contribution is -2.50. The van der Waals surface area contributed by atoms with Gasteiger partial charge in [-0.15, -0.1) is 11.8 Å². The van der Waals surface area contributed by atoms with Crippen LogP contribution in [0.5, 0.6) is 0 Å². The Balaban J connectivity index is 1.65. The number of hydrogen-bond donors (Lipinski definition) is 1.